The minimum atomic E-state index is -4.64. The van der Waals surface area contributed by atoms with Crippen molar-refractivity contribution in [3.05, 3.63) is 0 Å². The summed E-state index contributed by atoms with van der Waals surface area (Å²) in [7, 11) is -9.23. The molecule has 0 amide bonds. The Morgan fingerprint density at radius 2 is 1.00 bits per heavy atom. The second-order valence-electron chi connectivity index (χ2n) is 1.09. The number of rotatable bonds is 1. The van der Waals surface area contributed by atoms with Gasteiger partial charge in [0.15, 0.2) is 0 Å². The molecule has 13 heavy (non-hydrogen) atoms. The van der Waals surface area contributed by atoms with Crippen molar-refractivity contribution in [2.75, 3.05) is 0 Å². The zero-order chi connectivity index (χ0) is 9.71. The van der Waals surface area contributed by atoms with Crippen molar-refractivity contribution in [3.63, 3.8) is 0 Å². The van der Waals surface area contributed by atoms with Gasteiger partial charge in [0.2, 0.25) is 0 Å². The second kappa shape index (κ2) is 11.2. The molecule has 0 saturated heterocycles. The minimum absolute atomic E-state index is 0. The predicted molar refractivity (Wildman–Crippen MR) is 46.0 cm³/mol. The quantitative estimate of drug-likeness (QED) is 0.143. The van der Waals surface area contributed by atoms with Crippen LogP contribution in [0.1, 0.15) is 5.71 Å². The first kappa shape index (κ1) is 24.8. The molecule has 0 saturated carbocycles. The van der Waals surface area contributed by atoms with E-state index in [1.165, 1.54) is 0 Å². The van der Waals surface area contributed by atoms with Crippen LogP contribution in [0.15, 0.2) is 0 Å². The molecule has 0 fully saturated rings. The maximum Gasteiger partial charge on any atom is 2.00 e. The van der Waals surface area contributed by atoms with Gasteiger partial charge in [0.05, 0.1) is 0 Å². The molecule has 0 aliphatic carbocycles. The van der Waals surface area contributed by atoms with Crippen LogP contribution in [-0.2, 0) is 13.8 Å². The Morgan fingerprint density at radius 1 is 0.923 bits per heavy atom. The fourth-order valence-electron chi connectivity index (χ4n) is 0. The van der Waals surface area contributed by atoms with Gasteiger partial charge in [-0.1, -0.05) is 0 Å². The summed E-state index contributed by atoms with van der Waals surface area (Å²) in [4.78, 5) is 36.5. The average Bonchev–Trinajstić information content (AvgIpc) is 1.59. The fourth-order valence-corrected chi connectivity index (χ4v) is 0. The second-order valence-corrected chi connectivity index (χ2v) is 3.26. The van der Waals surface area contributed by atoms with Crippen molar-refractivity contribution in [3.8, 4) is 0 Å². The summed E-state index contributed by atoms with van der Waals surface area (Å²) >= 11 is 0. The molecule has 0 aliphatic rings. The van der Waals surface area contributed by atoms with Gasteiger partial charge in [0, 0.05) is 0 Å². The van der Waals surface area contributed by atoms with E-state index in [0.29, 0.717) is 0 Å². The molecule has 78 valence electrons. The van der Waals surface area contributed by atoms with E-state index < -0.39 is 15.6 Å². The summed E-state index contributed by atoms with van der Waals surface area (Å²) in [6, 6.07) is 0. The molecule has 13 heteroatoms. The summed E-state index contributed by atoms with van der Waals surface area (Å²) in [6.07, 6.45) is 0. The van der Waals surface area contributed by atoms with Gasteiger partial charge in [0.1, 0.15) is 0 Å². The van der Waals surface area contributed by atoms with Gasteiger partial charge < -0.3 is 30.2 Å². The van der Waals surface area contributed by atoms with E-state index in [0.717, 1.165) is 0 Å². The summed E-state index contributed by atoms with van der Waals surface area (Å²) in [5.41, 5.74) is 0. The van der Waals surface area contributed by atoms with E-state index in [4.69, 9.17) is 34.3 Å². The number of hydrogen-bond acceptors (Lipinski definition) is 4. The molecule has 6 N–H and O–H groups in total. The molecular weight excluding hydrogens is 286 g/mol. The van der Waals surface area contributed by atoms with E-state index in [1.54, 1.807) is 0 Å². The van der Waals surface area contributed by atoms with Gasteiger partial charge in [0.25, 0.3) is 0 Å². The summed E-state index contributed by atoms with van der Waals surface area (Å²) in [5.74, 6) is 0. The minimum Gasteiger partial charge on any atom is -1.00 e. The molecule has 0 spiro atoms. The van der Waals surface area contributed by atoms with Crippen LogP contribution in [0.3, 0.4) is 0 Å². The molecule has 0 radical (unpaired) electrons. The van der Waals surface area contributed by atoms with Crippen molar-refractivity contribution >= 4 is 91.1 Å². The third-order valence-electron chi connectivity index (χ3n) is 0.106. The van der Waals surface area contributed by atoms with Crippen LogP contribution in [0.5, 0.6) is 0 Å². The molecule has 0 aromatic carbocycles. The zero-order valence-electron chi connectivity index (χ0n) is 10.2. The number of phosphoric acid groups is 2. The Balaban J connectivity index is -0.0000000118. The van der Waals surface area contributed by atoms with Gasteiger partial charge in [-0.3, -0.25) is 0 Å². The van der Waals surface area contributed by atoms with Crippen LogP contribution in [-0.4, -0.2) is 105 Å². The average molecular weight is 296 g/mol. The van der Waals surface area contributed by atoms with Crippen molar-refractivity contribution in [2.45, 2.75) is 0 Å². The molecule has 0 heterocycles. The van der Waals surface area contributed by atoms with E-state index in [9.17, 15) is 4.57 Å². The van der Waals surface area contributed by atoms with Gasteiger partial charge in [-0.25, -0.2) is 14.4 Å². The first-order chi connectivity index (χ1) is 4.56. The molecule has 0 rings (SSSR count). The van der Waals surface area contributed by atoms with Crippen LogP contribution in [0.4, 0.5) is 0 Å². The fraction of sp³-hybridized carbons (Fsp3) is 0. The van der Waals surface area contributed by atoms with E-state index >= 15 is 0 Å². The smallest absolute Gasteiger partial charge is 1.00 e. The largest absolute Gasteiger partial charge is 2.00 e. The maximum absolute atomic E-state index is 9.22. The van der Waals surface area contributed by atoms with E-state index in [1.807, 2.05) is 0 Å². The molecule has 0 aliphatic heterocycles. The van der Waals surface area contributed by atoms with Crippen LogP contribution < -0.4 is 0 Å². The zero-order valence-corrected chi connectivity index (χ0v) is 12.4. The van der Waals surface area contributed by atoms with Gasteiger partial charge in [-0.15, -0.1) is 4.67 Å². The van der Waals surface area contributed by atoms with E-state index in [-0.39, 0.29) is 81.2 Å². The Morgan fingerprint density at radius 3 is 1.00 bits per heavy atom. The topological polar surface area (TPSA) is 165 Å². The summed E-state index contributed by atoms with van der Waals surface area (Å²) < 4.78 is 20.7. The van der Waals surface area contributed by atoms with E-state index in [2.05, 4.69) is 4.67 Å². The Kier molecular flexibility index (Phi) is 21.3. The number of hydrogen-bond donors (Lipinski definition) is 6. The third kappa shape index (κ3) is 73.0. The maximum atomic E-state index is 9.22. The molecule has 9 nitrogen and oxygen atoms in total. The van der Waals surface area contributed by atoms with Crippen molar-refractivity contribution in [1.82, 2.24) is 0 Å². The molecule has 0 bridgehead atoms. The Bertz CT molecular complexity index is 181. The SMILES string of the molecule is O=P(O)(O)O.O=P(O)(O)OO.[Ca+2].[Ca+2].[H-].[H-].[H-].[H-]. The Hall–Kier alpha value is 2.70. The normalized spacial score (nSPS) is 10.0. The molecule has 0 atom stereocenters. The van der Waals surface area contributed by atoms with Gasteiger partial charge in [-0.2, -0.15) is 0 Å². The van der Waals surface area contributed by atoms with Gasteiger partial charge in [-0.05, 0) is 0 Å². The van der Waals surface area contributed by atoms with Crippen molar-refractivity contribution in [2.24, 2.45) is 0 Å². The monoisotopic (exact) mass is 296 g/mol. The predicted octanol–water partition coefficient (Wildman–Crippen LogP) is -1.67. The van der Waals surface area contributed by atoms with Crippen molar-refractivity contribution in [1.29, 1.82) is 0 Å². The van der Waals surface area contributed by atoms with Crippen molar-refractivity contribution < 1.29 is 49.2 Å². The third-order valence-corrected chi connectivity index (χ3v) is 0.319. The molecule has 0 unspecified atom stereocenters. The van der Waals surface area contributed by atoms with Crippen LogP contribution >= 0.6 is 15.6 Å². The molecule has 0 aromatic rings. The van der Waals surface area contributed by atoms with Gasteiger partial charge >= 0.3 is 91.1 Å². The molecule has 0 aromatic heterocycles. The van der Waals surface area contributed by atoms with Crippen LogP contribution in [0, 0.1) is 0 Å². The Labute approximate surface area is 138 Å². The standard InChI is InChI=1S/2Ca.H3O5P.H3O4P.4H/c;;1-5-6(2,3)4;1-5(2,3)4;;;;/h;;1H,(H2,2,3,4);(H3,1,2,3,4);;;;/q2*+2;;;4*-1. The van der Waals surface area contributed by atoms with Crippen LogP contribution in [0.2, 0.25) is 0 Å². The summed E-state index contributed by atoms with van der Waals surface area (Å²) in [5, 5.41) is 7.14. The molecular formula is H10Ca2O9P2. The first-order valence-corrected chi connectivity index (χ1v) is 4.83. The first-order valence-electron chi connectivity index (χ1n) is 1.73. The van der Waals surface area contributed by atoms with Crippen LogP contribution in [0.25, 0.3) is 0 Å². The summed E-state index contributed by atoms with van der Waals surface area (Å²) in [6.45, 7) is 0.